The number of hydrogen-bond donors (Lipinski definition) is 1. The number of ether oxygens (including phenoxy) is 2. The smallest absolute Gasteiger partial charge is 0.462 e. The predicted octanol–water partition coefficient (Wildman–Crippen LogP) is 11.8. The minimum atomic E-state index is -4.29. The van der Waals surface area contributed by atoms with Gasteiger partial charge in [-0.1, -0.05) is 125 Å². The summed E-state index contributed by atoms with van der Waals surface area (Å²) in [6.07, 6.45) is 43.8. The van der Waals surface area contributed by atoms with Gasteiger partial charge in [0.05, 0.1) is 13.2 Å². The number of allylic oxidation sites excluding steroid dienone is 12. The van der Waals surface area contributed by atoms with Crippen LogP contribution in [0.3, 0.4) is 0 Å². The first-order valence-electron chi connectivity index (χ1n) is 19.2. The molecule has 1 N–H and O–H groups in total. The van der Waals surface area contributed by atoms with Gasteiger partial charge >= 0.3 is 19.8 Å². The van der Waals surface area contributed by atoms with Crippen molar-refractivity contribution in [3.63, 3.8) is 0 Å². The summed E-state index contributed by atoms with van der Waals surface area (Å²) < 4.78 is 32.5. The van der Waals surface area contributed by atoms with Crippen molar-refractivity contribution in [3.8, 4) is 0 Å². The van der Waals surface area contributed by atoms with E-state index in [9.17, 15) is 19.0 Å². The summed E-state index contributed by atoms with van der Waals surface area (Å²) in [5, 5.41) is 0. The van der Waals surface area contributed by atoms with E-state index in [0.29, 0.717) is 6.42 Å². The van der Waals surface area contributed by atoms with Crippen LogP contribution in [-0.2, 0) is 32.7 Å². The Hall–Kier alpha value is -2.51. The van der Waals surface area contributed by atoms with E-state index in [2.05, 4.69) is 86.8 Å². The first kappa shape index (κ1) is 47.5. The second-order valence-electron chi connectivity index (χ2n) is 12.2. The third-order valence-corrected chi connectivity index (χ3v) is 8.54. The summed E-state index contributed by atoms with van der Waals surface area (Å²) in [7, 11) is -4.29. The van der Waals surface area contributed by atoms with Gasteiger partial charge in [0.1, 0.15) is 6.61 Å². The standard InChI is InChI=1S/C41H69O8P/c1-4-7-9-11-13-15-17-19-20-21-22-24-26-28-30-32-34-36-41(43)49-39(38-48-50(44,45)47-6-3)37-46-40(42)35-33-31-29-27-25-23-18-16-14-12-10-8-5-2/h7,9-10,12-13,15-16,18-20,22,24,39H,4-6,8,11,14,17,21,23,25-38H2,1-3H3,(H,44,45)/b9-7-,12-10-,15-13-,18-16-,20-19-,24-22-. The molecule has 8 nitrogen and oxygen atoms in total. The van der Waals surface area contributed by atoms with Gasteiger partial charge in [0.25, 0.3) is 0 Å². The van der Waals surface area contributed by atoms with Crippen LogP contribution >= 0.6 is 7.82 Å². The molecule has 0 spiro atoms. The zero-order valence-electron chi connectivity index (χ0n) is 31.5. The van der Waals surface area contributed by atoms with Crippen molar-refractivity contribution in [1.82, 2.24) is 0 Å². The SMILES string of the molecule is CC/C=C\C/C=C\C/C=C\C/C=C\CCCCCCC(=O)OC(COC(=O)CCCCCCC/C=C\C/C=C\CCC)COP(=O)(O)OCC. The van der Waals surface area contributed by atoms with E-state index in [1.54, 1.807) is 6.92 Å². The Kier molecular flexibility index (Phi) is 34.5. The molecule has 0 bridgehead atoms. The average Bonchev–Trinajstić information content (AvgIpc) is 3.09. The molecule has 0 aromatic heterocycles. The Labute approximate surface area is 304 Å². The van der Waals surface area contributed by atoms with E-state index in [4.69, 9.17) is 18.5 Å². The van der Waals surface area contributed by atoms with E-state index >= 15 is 0 Å². The van der Waals surface area contributed by atoms with E-state index in [1.807, 2.05) is 0 Å². The molecule has 286 valence electrons. The lowest BCUT2D eigenvalue weighted by Gasteiger charge is -2.19. The highest BCUT2D eigenvalue weighted by molar-refractivity contribution is 7.47. The molecule has 9 heteroatoms. The Balaban J connectivity index is 4.24. The molecule has 0 rings (SSSR count). The lowest BCUT2D eigenvalue weighted by Crippen LogP contribution is -2.29. The van der Waals surface area contributed by atoms with Crippen molar-refractivity contribution in [1.29, 1.82) is 0 Å². The summed E-state index contributed by atoms with van der Waals surface area (Å²) in [6, 6.07) is 0. The maximum Gasteiger partial charge on any atom is 0.472 e. The fourth-order valence-corrected chi connectivity index (χ4v) is 5.47. The highest BCUT2D eigenvalue weighted by Gasteiger charge is 2.25. The Morgan fingerprint density at radius 1 is 0.560 bits per heavy atom. The Morgan fingerprint density at radius 2 is 1.02 bits per heavy atom. The maximum atomic E-state index is 12.5. The monoisotopic (exact) mass is 720 g/mol. The van der Waals surface area contributed by atoms with Gasteiger partial charge in [0.15, 0.2) is 6.10 Å². The summed E-state index contributed by atoms with van der Waals surface area (Å²) >= 11 is 0. The van der Waals surface area contributed by atoms with Gasteiger partial charge in [-0.2, -0.15) is 0 Å². The van der Waals surface area contributed by atoms with Crippen molar-refractivity contribution in [2.75, 3.05) is 19.8 Å². The molecule has 0 aromatic carbocycles. The van der Waals surface area contributed by atoms with Crippen molar-refractivity contribution < 1.29 is 37.6 Å². The molecule has 50 heavy (non-hydrogen) atoms. The van der Waals surface area contributed by atoms with Gasteiger partial charge in [-0.25, -0.2) is 4.57 Å². The molecular formula is C41H69O8P. The predicted molar refractivity (Wildman–Crippen MR) is 207 cm³/mol. The summed E-state index contributed by atoms with van der Waals surface area (Å²) in [5.74, 6) is -0.851. The summed E-state index contributed by atoms with van der Waals surface area (Å²) in [4.78, 5) is 34.6. The molecule has 0 aliphatic heterocycles. The van der Waals surface area contributed by atoms with E-state index in [1.165, 1.54) is 6.42 Å². The molecule has 0 saturated heterocycles. The minimum absolute atomic E-state index is 0.0110. The number of esters is 2. The quantitative estimate of drug-likeness (QED) is 0.0303. The minimum Gasteiger partial charge on any atom is -0.462 e. The summed E-state index contributed by atoms with van der Waals surface area (Å²) in [5.41, 5.74) is 0. The molecule has 0 aliphatic rings. The van der Waals surface area contributed by atoms with Crippen molar-refractivity contribution in [2.24, 2.45) is 0 Å². The van der Waals surface area contributed by atoms with Gasteiger partial charge in [-0.05, 0) is 84.0 Å². The van der Waals surface area contributed by atoms with E-state index in [-0.39, 0.29) is 26.1 Å². The van der Waals surface area contributed by atoms with Crippen LogP contribution in [-0.4, -0.2) is 42.8 Å². The van der Waals surface area contributed by atoms with Gasteiger partial charge in [0.2, 0.25) is 0 Å². The molecule has 0 amide bonds. The number of carbonyl (C=O) groups excluding carboxylic acids is 2. The van der Waals surface area contributed by atoms with Crippen LogP contribution in [0.4, 0.5) is 0 Å². The lowest BCUT2D eigenvalue weighted by atomic mass is 10.1. The number of rotatable bonds is 34. The third-order valence-electron chi connectivity index (χ3n) is 7.48. The first-order valence-corrected chi connectivity index (χ1v) is 20.7. The zero-order chi connectivity index (χ0) is 36.8. The van der Waals surface area contributed by atoms with Crippen LogP contribution in [0.1, 0.15) is 149 Å². The number of phosphoric ester groups is 1. The van der Waals surface area contributed by atoms with Crippen LogP contribution in [0, 0.1) is 0 Å². The molecule has 2 unspecified atom stereocenters. The Morgan fingerprint density at radius 3 is 1.54 bits per heavy atom. The maximum absolute atomic E-state index is 12.5. The third kappa shape index (κ3) is 35.3. The molecule has 0 aliphatic carbocycles. The van der Waals surface area contributed by atoms with Crippen LogP contribution in [0.25, 0.3) is 0 Å². The summed E-state index contributed by atoms with van der Waals surface area (Å²) in [6.45, 7) is 5.22. The van der Waals surface area contributed by atoms with Crippen LogP contribution in [0.2, 0.25) is 0 Å². The van der Waals surface area contributed by atoms with Crippen LogP contribution in [0.15, 0.2) is 72.9 Å². The van der Waals surface area contributed by atoms with Gasteiger partial charge in [-0.3, -0.25) is 18.6 Å². The van der Waals surface area contributed by atoms with Gasteiger partial charge in [-0.15, -0.1) is 0 Å². The van der Waals surface area contributed by atoms with E-state index < -0.39 is 32.5 Å². The molecule has 0 aromatic rings. The molecule has 0 fully saturated rings. The number of unbranched alkanes of at least 4 members (excludes halogenated alkanes) is 10. The molecule has 2 atom stereocenters. The first-order chi connectivity index (χ1) is 24.3. The highest BCUT2D eigenvalue weighted by atomic mass is 31.2. The molecule has 0 heterocycles. The normalized spacial score (nSPS) is 14.2. The average molecular weight is 721 g/mol. The van der Waals surface area contributed by atoms with E-state index in [0.717, 1.165) is 103 Å². The zero-order valence-corrected chi connectivity index (χ0v) is 32.4. The number of hydrogen-bond acceptors (Lipinski definition) is 7. The van der Waals surface area contributed by atoms with Crippen molar-refractivity contribution in [3.05, 3.63) is 72.9 Å². The topological polar surface area (TPSA) is 108 Å². The second-order valence-corrected chi connectivity index (χ2v) is 13.7. The Bertz CT molecular complexity index is 1040. The van der Waals surface area contributed by atoms with Gasteiger partial charge in [0, 0.05) is 12.8 Å². The highest BCUT2D eigenvalue weighted by Crippen LogP contribution is 2.43. The largest absolute Gasteiger partial charge is 0.472 e. The molecule has 0 radical (unpaired) electrons. The molecular weight excluding hydrogens is 651 g/mol. The van der Waals surface area contributed by atoms with Crippen LogP contribution in [0.5, 0.6) is 0 Å². The van der Waals surface area contributed by atoms with Crippen molar-refractivity contribution in [2.45, 2.75) is 155 Å². The number of phosphoric acid groups is 1. The number of carbonyl (C=O) groups is 2. The lowest BCUT2D eigenvalue weighted by molar-refractivity contribution is -0.161. The van der Waals surface area contributed by atoms with Gasteiger partial charge < -0.3 is 14.4 Å². The second kappa shape index (κ2) is 36.3. The fourth-order valence-electron chi connectivity index (χ4n) is 4.71. The van der Waals surface area contributed by atoms with Crippen LogP contribution < -0.4 is 0 Å². The van der Waals surface area contributed by atoms with Crippen molar-refractivity contribution >= 4 is 19.8 Å². The fraction of sp³-hybridized carbons (Fsp3) is 0.659. The molecule has 0 saturated carbocycles.